The molecule has 0 bridgehead atoms. The van der Waals surface area contributed by atoms with Crippen LogP contribution in [0.2, 0.25) is 0 Å². The van der Waals surface area contributed by atoms with Crippen LogP contribution in [0, 0.1) is 0 Å². The molecule has 6 nitrogen and oxygen atoms in total. The van der Waals surface area contributed by atoms with E-state index in [1.54, 1.807) is 0 Å². The summed E-state index contributed by atoms with van der Waals surface area (Å²) in [5, 5.41) is 34.5. The van der Waals surface area contributed by atoms with Gasteiger partial charge in [-0.05, 0) is 0 Å². The molecule has 2 aliphatic heterocycles. The minimum Gasteiger partial charge on any atom is -0.388 e. The molecule has 2 saturated heterocycles. The summed E-state index contributed by atoms with van der Waals surface area (Å²) < 4.78 is 9.34. The summed E-state index contributed by atoms with van der Waals surface area (Å²) in [6, 6.07) is 0. The summed E-state index contributed by atoms with van der Waals surface area (Å²) in [6.07, 6.45) is -2.61. The van der Waals surface area contributed by atoms with Gasteiger partial charge in [0.05, 0.1) is 26.4 Å². The molecule has 4 N–H and O–H groups in total. The molecule has 0 aliphatic carbocycles. The van der Waals surface area contributed by atoms with Gasteiger partial charge in [-0.2, -0.15) is 0 Å². The highest BCUT2D eigenvalue weighted by molar-refractivity contribution is 4.71. The zero-order valence-electron chi connectivity index (χ0n) is 7.74. The standard InChI is InChI=1S/2C4H8O3/c2*5-3-1-7-2-4(3)6/h2*3-6H,1-2H2/t2*3-,4+. The first-order valence-corrected chi connectivity index (χ1v) is 4.49. The van der Waals surface area contributed by atoms with Crippen LogP contribution in [0.3, 0.4) is 0 Å². The average molecular weight is 208 g/mol. The molecular formula is C8H16O6. The smallest absolute Gasteiger partial charge is 0.105 e. The summed E-state index contributed by atoms with van der Waals surface area (Å²) >= 11 is 0. The van der Waals surface area contributed by atoms with E-state index in [0.29, 0.717) is 0 Å². The van der Waals surface area contributed by atoms with Crippen LogP contribution in [0.5, 0.6) is 0 Å². The zero-order valence-corrected chi connectivity index (χ0v) is 7.74. The van der Waals surface area contributed by atoms with Gasteiger partial charge < -0.3 is 29.9 Å². The lowest BCUT2D eigenvalue weighted by Crippen LogP contribution is -2.22. The van der Waals surface area contributed by atoms with Gasteiger partial charge >= 0.3 is 0 Å². The van der Waals surface area contributed by atoms with Gasteiger partial charge in [0.25, 0.3) is 0 Å². The molecule has 2 rings (SSSR count). The van der Waals surface area contributed by atoms with Gasteiger partial charge in [0.2, 0.25) is 0 Å². The maximum Gasteiger partial charge on any atom is 0.105 e. The molecule has 2 aliphatic rings. The minimum atomic E-state index is -0.653. The Hall–Kier alpha value is -0.240. The van der Waals surface area contributed by atoms with Crippen molar-refractivity contribution in [1.82, 2.24) is 0 Å². The Labute approximate surface area is 81.7 Å². The Morgan fingerprint density at radius 1 is 0.571 bits per heavy atom. The van der Waals surface area contributed by atoms with E-state index in [-0.39, 0.29) is 26.4 Å². The van der Waals surface area contributed by atoms with Crippen molar-refractivity contribution >= 4 is 0 Å². The van der Waals surface area contributed by atoms with E-state index >= 15 is 0 Å². The van der Waals surface area contributed by atoms with Gasteiger partial charge in [-0.25, -0.2) is 0 Å². The van der Waals surface area contributed by atoms with Crippen LogP contribution in [0.15, 0.2) is 0 Å². The van der Waals surface area contributed by atoms with Crippen LogP contribution in [0.4, 0.5) is 0 Å². The average Bonchev–Trinajstić information content (AvgIpc) is 2.67. The lowest BCUT2D eigenvalue weighted by atomic mass is 10.3. The summed E-state index contributed by atoms with van der Waals surface area (Å²) in [4.78, 5) is 0. The Bertz CT molecular complexity index is 130. The zero-order chi connectivity index (χ0) is 10.6. The highest BCUT2D eigenvalue weighted by Gasteiger charge is 2.23. The highest BCUT2D eigenvalue weighted by Crippen LogP contribution is 2.03. The Morgan fingerprint density at radius 3 is 0.857 bits per heavy atom. The van der Waals surface area contributed by atoms with Crippen LogP contribution in [-0.4, -0.2) is 71.3 Å². The van der Waals surface area contributed by atoms with Crippen LogP contribution >= 0.6 is 0 Å². The third-order valence-corrected chi connectivity index (χ3v) is 2.04. The first-order chi connectivity index (χ1) is 6.61. The van der Waals surface area contributed by atoms with Crippen LogP contribution in [0.25, 0.3) is 0 Å². The van der Waals surface area contributed by atoms with Crippen molar-refractivity contribution < 1.29 is 29.9 Å². The van der Waals surface area contributed by atoms with Gasteiger partial charge in [-0.3, -0.25) is 0 Å². The van der Waals surface area contributed by atoms with Crippen molar-refractivity contribution in [1.29, 1.82) is 0 Å². The molecular weight excluding hydrogens is 192 g/mol. The van der Waals surface area contributed by atoms with Crippen LogP contribution < -0.4 is 0 Å². The number of rotatable bonds is 0. The number of hydrogen-bond acceptors (Lipinski definition) is 6. The van der Waals surface area contributed by atoms with Crippen molar-refractivity contribution in [3.63, 3.8) is 0 Å². The topological polar surface area (TPSA) is 99.4 Å². The second-order valence-corrected chi connectivity index (χ2v) is 3.34. The molecule has 0 spiro atoms. The molecule has 0 aromatic heterocycles. The van der Waals surface area contributed by atoms with Crippen molar-refractivity contribution in [2.45, 2.75) is 24.4 Å². The van der Waals surface area contributed by atoms with E-state index in [0.717, 1.165) is 0 Å². The summed E-state index contributed by atoms with van der Waals surface area (Å²) in [5.74, 6) is 0. The SMILES string of the molecule is O[C@@H]1COC[C@@H]1O.O[C@@H]1COC[C@@H]1O. The minimum absolute atomic E-state index is 0.279. The summed E-state index contributed by atoms with van der Waals surface area (Å²) in [6.45, 7) is 1.12. The van der Waals surface area contributed by atoms with Crippen LogP contribution in [0.1, 0.15) is 0 Å². The van der Waals surface area contributed by atoms with E-state index in [4.69, 9.17) is 20.4 Å². The molecule has 14 heavy (non-hydrogen) atoms. The predicted octanol–water partition coefficient (Wildman–Crippen LogP) is -2.52. The fourth-order valence-electron chi connectivity index (χ4n) is 1.06. The first kappa shape index (κ1) is 11.8. The number of aliphatic hydroxyl groups excluding tert-OH is 4. The highest BCUT2D eigenvalue weighted by atomic mass is 16.5. The molecule has 4 atom stereocenters. The molecule has 84 valence electrons. The molecule has 0 aromatic rings. The molecule has 2 fully saturated rings. The third kappa shape index (κ3) is 3.49. The molecule has 0 radical (unpaired) electrons. The number of ether oxygens (including phenoxy) is 2. The molecule has 0 amide bonds. The number of hydrogen-bond donors (Lipinski definition) is 4. The Balaban J connectivity index is 0.000000140. The van der Waals surface area contributed by atoms with Crippen molar-refractivity contribution in [2.24, 2.45) is 0 Å². The van der Waals surface area contributed by atoms with Gasteiger partial charge in [0.1, 0.15) is 24.4 Å². The number of aliphatic hydroxyl groups is 4. The lowest BCUT2D eigenvalue weighted by molar-refractivity contribution is 0.0572. The van der Waals surface area contributed by atoms with Crippen LogP contribution in [-0.2, 0) is 9.47 Å². The summed E-state index contributed by atoms with van der Waals surface area (Å²) in [5.41, 5.74) is 0. The largest absolute Gasteiger partial charge is 0.388 e. The van der Waals surface area contributed by atoms with E-state index in [1.165, 1.54) is 0 Å². The van der Waals surface area contributed by atoms with Gasteiger partial charge in [-0.1, -0.05) is 0 Å². The molecule has 0 unspecified atom stereocenters. The van der Waals surface area contributed by atoms with Gasteiger partial charge in [0.15, 0.2) is 0 Å². The van der Waals surface area contributed by atoms with E-state index < -0.39 is 24.4 Å². The van der Waals surface area contributed by atoms with E-state index in [9.17, 15) is 0 Å². The molecule has 6 heteroatoms. The fourth-order valence-corrected chi connectivity index (χ4v) is 1.06. The molecule has 0 aromatic carbocycles. The first-order valence-electron chi connectivity index (χ1n) is 4.49. The summed E-state index contributed by atoms with van der Waals surface area (Å²) in [7, 11) is 0. The van der Waals surface area contributed by atoms with Crippen molar-refractivity contribution in [2.75, 3.05) is 26.4 Å². The molecule has 2 heterocycles. The predicted molar refractivity (Wildman–Crippen MR) is 45.7 cm³/mol. The van der Waals surface area contributed by atoms with E-state index in [1.807, 2.05) is 0 Å². The van der Waals surface area contributed by atoms with Gasteiger partial charge in [-0.15, -0.1) is 0 Å². The Kier molecular flexibility index (Phi) is 4.73. The monoisotopic (exact) mass is 208 g/mol. The maximum absolute atomic E-state index is 8.62. The fraction of sp³-hybridized carbons (Fsp3) is 1.00. The quantitative estimate of drug-likeness (QED) is 0.350. The lowest BCUT2D eigenvalue weighted by Gasteiger charge is -2.00. The van der Waals surface area contributed by atoms with E-state index in [2.05, 4.69) is 9.47 Å². The van der Waals surface area contributed by atoms with Crippen molar-refractivity contribution in [3.05, 3.63) is 0 Å². The van der Waals surface area contributed by atoms with Crippen molar-refractivity contribution in [3.8, 4) is 0 Å². The molecule has 0 saturated carbocycles. The third-order valence-electron chi connectivity index (χ3n) is 2.04. The Morgan fingerprint density at radius 2 is 0.786 bits per heavy atom. The normalized spacial score (nSPS) is 42.0. The second-order valence-electron chi connectivity index (χ2n) is 3.34. The second kappa shape index (κ2) is 5.59. The van der Waals surface area contributed by atoms with Gasteiger partial charge in [0, 0.05) is 0 Å². The maximum atomic E-state index is 8.62.